The van der Waals surface area contributed by atoms with E-state index >= 15 is 0 Å². The van der Waals surface area contributed by atoms with Gasteiger partial charge in [-0.15, -0.1) is 0 Å². The van der Waals surface area contributed by atoms with Crippen molar-refractivity contribution < 1.29 is 4.42 Å². The molecule has 0 N–H and O–H groups in total. The second-order valence-corrected chi connectivity index (χ2v) is 12.1. The monoisotopic (exact) mass is 642 g/mol. The van der Waals surface area contributed by atoms with Crippen LogP contribution in [0.4, 0.5) is 17.1 Å². The van der Waals surface area contributed by atoms with E-state index in [2.05, 4.69) is 102 Å². The number of fused-ring (bicyclic) bond motifs is 3. The average Bonchev–Trinajstić information content (AvgIpc) is 3.58. The molecule has 0 bridgehead atoms. The zero-order valence-corrected chi connectivity index (χ0v) is 27.0. The van der Waals surface area contributed by atoms with Crippen LogP contribution in [0.5, 0.6) is 0 Å². The molecule has 5 nitrogen and oxygen atoms in total. The predicted molar refractivity (Wildman–Crippen MR) is 204 cm³/mol. The minimum absolute atomic E-state index is 0.596. The molecule has 0 saturated carbocycles. The van der Waals surface area contributed by atoms with E-state index in [0.29, 0.717) is 17.5 Å². The third-order valence-electron chi connectivity index (χ3n) is 8.91. The SMILES string of the molecule is c1ccc(-c2cccc(N(c3ccccc3)c3ccc4c(c3)oc3cccc(-c5nc(-c6ccccc6)nc(-c6ccccc6)n5)c34)c2)cc1. The number of aromatic nitrogens is 3. The number of furan rings is 1. The van der Waals surface area contributed by atoms with Crippen LogP contribution in [0, 0.1) is 0 Å². The lowest BCUT2D eigenvalue weighted by Crippen LogP contribution is -2.09. The first-order valence-electron chi connectivity index (χ1n) is 16.6. The molecule has 2 aromatic heterocycles. The summed E-state index contributed by atoms with van der Waals surface area (Å²) in [7, 11) is 0. The van der Waals surface area contributed by atoms with Gasteiger partial charge in [-0.25, -0.2) is 15.0 Å². The molecule has 0 amide bonds. The molecule has 0 fully saturated rings. The van der Waals surface area contributed by atoms with Crippen LogP contribution in [-0.4, -0.2) is 15.0 Å². The van der Waals surface area contributed by atoms with Crippen LogP contribution >= 0.6 is 0 Å². The molecular formula is C45H30N4O. The normalized spacial score (nSPS) is 11.2. The molecule has 9 aromatic rings. The maximum Gasteiger partial charge on any atom is 0.164 e. The lowest BCUT2D eigenvalue weighted by Gasteiger charge is -2.26. The van der Waals surface area contributed by atoms with Crippen LogP contribution in [0.25, 0.3) is 67.2 Å². The highest BCUT2D eigenvalue weighted by atomic mass is 16.3. The van der Waals surface area contributed by atoms with E-state index in [-0.39, 0.29) is 0 Å². The standard InChI is InChI=1S/C45H30N4O/c1-5-15-31(16-6-1)34-21-13-24-36(29-34)49(35-22-11-4-12-23-35)37-27-28-38-41(30-37)50-40-26-14-25-39(42(38)40)45-47-43(32-17-7-2-8-18-32)46-44(48-45)33-19-9-3-10-20-33/h1-30H. The van der Waals surface area contributed by atoms with Crippen LogP contribution in [0.2, 0.25) is 0 Å². The van der Waals surface area contributed by atoms with Gasteiger partial charge in [0.1, 0.15) is 11.2 Å². The number of anilines is 3. The summed E-state index contributed by atoms with van der Waals surface area (Å²) in [5.74, 6) is 1.84. The van der Waals surface area contributed by atoms with Gasteiger partial charge in [0.15, 0.2) is 17.5 Å². The van der Waals surface area contributed by atoms with Crippen molar-refractivity contribution in [3.63, 3.8) is 0 Å². The summed E-state index contributed by atoms with van der Waals surface area (Å²) in [6.45, 7) is 0. The van der Waals surface area contributed by atoms with E-state index in [4.69, 9.17) is 19.4 Å². The van der Waals surface area contributed by atoms with Gasteiger partial charge in [-0.05, 0) is 53.6 Å². The van der Waals surface area contributed by atoms with Crippen molar-refractivity contribution in [2.24, 2.45) is 0 Å². The van der Waals surface area contributed by atoms with Crippen LogP contribution < -0.4 is 4.90 Å². The van der Waals surface area contributed by atoms with Gasteiger partial charge in [-0.2, -0.15) is 0 Å². The molecular weight excluding hydrogens is 613 g/mol. The largest absolute Gasteiger partial charge is 0.456 e. The van der Waals surface area contributed by atoms with Gasteiger partial charge in [0.25, 0.3) is 0 Å². The Labute approximate surface area is 289 Å². The fourth-order valence-electron chi connectivity index (χ4n) is 6.55. The van der Waals surface area contributed by atoms with Crippen molar-refractivity contribution in [3.8, 4) is 45.3 Å². The van der Waals surface area contributed by atoms with Crippen LogP contribution in [0.3, 0.4) is 0 Å². The maximum absolute atomic E-state index is 6.60. The molecule has 7 aromatic carbocycles. The highest BCUT2D eigenvalue weighted by Crippen LogP contribution is 2.41. The predicted octanol–water partition coefficient (Wildman–Crippen LogP) is 11.9. The number of para-hydroxylation sites is 1. The molecule has 0 unspecified atom stereocenters. The number of benzene rings is 7. The Morgan fingerprint density at radius 1 is 0.360 bits per heavy atom. The Kier molecular flexibility index (Phi) is 7.41. The zero-order valence-electron chi connectivity index (χ0n) is 27.0. The highest BCUT2D eigenvalue weighted by molar-refractivity contribution is 6.12. The minimum atomic E-state index is 0.596. The number of rotatable bonds is 7. The van der Waals surface area contributed by atoms with Gasteiger partial charge in [0.05, 0.1) is 0 Å². The van der Waals surface area contributed by atoms with Gasteiger partial charge in [-0.1, -0.05) is 133 Å². The van der Waals surface area contributed by atoms with Gasteiger partial charge >= 0.3 is 0 Å². The molecule has 236 valence electrons. The first-order chi connectivity index (χ1) is 24.8. The summed E-state index contributed by atoms with van der Waals surface area (Å²) in [6, 6.07) is 62.2. The Bertz CT molecular complexity index is 2530. The summed E-state index contributed by atoms with van der Waals surface area (Å²) in [5.41, 5.74) is 9.74. The van der Waals surface area contributed by atoms with Crippen LogP contribution in [0.15, 0.2) is 186 Å². The Balaban J connectivity index is 1.20. The van der Waals surface area contributed by atoms with Crippen LogP contribution in [0.1, 0.15) is 0 Å². The summed E-state index contributed by atoms with van der Waals surface area (Å²) in [6.07, 6.45) is 0. The van der Waals surface area contributed by atoms with Gasteiger partial charge < -0.3 is 9.32 Å². The topological polar surface area (TPSA) is 55.1 Å². The third-order valence-corrected chi connectivity index (χ3v) is 8.91. The lowest BCUT2D eigenvalue weighted by atomic mass is 10.0. The summed E-state index contributed by atoms with van der Waals surface area (Å²) >= 11 is 0. The highest BCUT2D eigenvalue weighted by Gasteiger charge is 2.20. The molecule has 5 heteroatoms. The summed E-state index contributed by atoms with van der Waals surface area (Å²) in [4.78, 5) is 17.2. The molecule has 0 radical (unpaired) electrons. The average molecular weight is 643 g/mol. The molecule has 2 heterocycles. The second-order valence-electron chi connectivity index (χ2n) is 12.1. The van der Waals surface area contributed by atoms with Crippen LogP contribution in [-0.2, 0) is 0 Å². The van der Waals surface area contributed by atoms with Crippen molar-refractivity contribution in [2.75, 3.05) is 4.90 Å². The first kappa shape index (κ1) is 29.3. The fraction of sp³-hybridized carbons (Fsp3) is 0. The quantitative estimate of drug-likeness (QED) is 0.173. The molecule has 0 spiro atoms. The van der Waals surface area contributed by atoms with E-state index in [9.17, 15) is 0 Å². The summed E-state index contributed by atoms with van der Waals surface area (Å²) < 4.78 is 6.60. The van der Waals surface area contributed by atoms with Crippen molar-refractivity contribution in [1.82, 2.24) is 15.0 Å². The van der Waals surface area contributed by atoms with Gasteiger partial charge in [0.2, 0.25) is 0 Å². The van der Waals surface area contributed by atoms with E-state index in [0.717, 1.165) is 61.3 Å². The van der Waals surface area contributed by atoms with E-state index in [1.165, 1.54) is 5.56 Å². The zero-order chi connectivity index (χ0) is 33.3. The molecule has 9 rings (SSSR count). The molecule has 0 saturated heterocycles. The maximum atomic E-state index is 6.60. The smallest absolute Gasteiger partial charge is 0.164 e. The Morgan fingerprint density at radius 2 is 0.880 bits per heavy atom. The molecule has 50 heavy (non-hydrogen) atoms. The number of nitrogens with zero attached hydrogens (tertiary/aromatic N) is 4. The number of hydrogen-bond donors (Lipinski definition) is 0. The van der Waals surface area contributed by atoms with Gasteiger partial charge in [-0.3, -0.25) is 0 Å². The first-order valence-corrected chi connectivity index (χ1v) is 16.6. The lowest BCUT2D eigenvalue weighted by molar-refractivity contribution is 0.669. The third kappa shape index (κ3) is 5.47. The molecule has 0 aliphatic heterocycles. The van der Waals surface area contributed by atoms with Crippen molar-refractivity contribution in [2.45, 2.75) is 0 Å². The van der Waals surface area contributed by atoms with Crippen molar-refractivity contribution >= 4 is 39.0 Å². The van der Waals surface area contributed by atoms with Crippen molar-refractivity contribution in [1.29, 1.82) is 0 Å². The minimum Gasteiger partial charge on any atom is -0.456 e. The Hall–Kier alpha value is -6.85. The van der Waals surface area contributed by atoms with E-state index < -0.39 is 0 Å². The molecule has 0 aliphatic rings. The second kappa shape index (κ2) is 12.6. The molecule has 0 atom stereocenters. The molecule has 0 aliphatic carbocycles. The van der Waals surface area contributed by atoms with Gasteiger partial charge in [0, 0.05) is 50.6 Å². The summed E-state index contributed by atoms with van der Waals surface area (Å²) in [5, 5.41) is 1.96. The number of hydrogen-bond acceptors (Lipinski definition) is 5. The Morgan fingerprint density at radius 3 is 1.54 bits per heavy atom. The van der Waals surface area contributed by atoms with Crippen molar-refractivity contribution in [3.05, 3.63) is 182 Å². The fourth-order valence-corrected chi connectivity index (χ4v) is 6.55. The van der Waals surface area contributed by atoms with E-state index in [1.807, 2.05) is 84.9 Å². The van der Waals surface area contributed by atoms with E-state index in [1.54, 1.807) is 0 Å².